The van der Waals surface area contributed by atoms with Crippen LogP contribution in [0.25, 0.3) is 106 Å². The molecule has 0 fully saturated rings. The Morgan fingerprint density at radius 3 is 1.36 bits per heavy atom. The first-order valence-electron chi connectivity index (χ1n) is 31.6. The number of hydrogen-bond acceptors (Lipinski definition) is 6. The molecule has 12 aromatic carbocycles. The second kappa shape index (κ2) is 22.1. The topological polar surface area (TPSA) is 63.0 Å². The van der Waals surface area contributed by atoms with Crippen molar-refractivity contribution in [2.45, 2.75) is 26.2 Å². The number of fused-ring (bicyclic) bond motifs is 7. The molecule has 0 bridgehead atoms. The number of hydrogen-bond donors (Lipinski definition) is 0. The van der Waals surface area contributed by atoms with Gasteiger partial charge in [-0.05, 0) is 136 Å². The third-order valence-electron chi connectivity index (χ3n) is 18.3. The Hall–Kier alpha value is -11.7. The van der Waals surface area contributed by atoms with Gasteiger partial charge in [0.1, 0.15) is 0 Å². The third-order valence-corrected chi connectivity index (χ3v) is 18.3. The van der Waals surface area contributed by atoms with Crippen molar-refractivity contribution in [1.29, 1.82) is 0 Å². The van der Waals surface area contributed by atoms with E-state index >= 15 is 0 Å². The average Bonchev–Trinajstić information content (AvgIpc) is 0.884. The fraction of sp³-hybridized carbons (Fsp3) is 0.0476. The smallest absolute Gasteiger partial charge is 0.252 e. The molecule has 0 saturated carbocycles. The van der Waals surface area contributed by atoms with Crippen molar-refractivity contribution in [1.82, 2.24) is 24.5 Å². The number of benzene rings is 12. The molecule has 7 nitrogen and oxygen atoms in total. The Balaban J connectivity index is 0.896. The molecule has 0 N–H and O–H groups in total. The summed E-state index contributed by atoms with van der Waals surface area (Å²) in [5, 5.41) is 2.38. The Morgan fingerprint density at radius 2 is 0.761 bits per heavy atom. The molecule has 8 heteroatoms. The van der Waals surface area contributed by atoms with E-state index in [1.807, 2.05) is 24.3 Å². The molecule has 0 saturated heterocycles. The van der Waals surface area contributed by atoms with Gasteiger partial charge in [-0.25, -0.2) is 19.9 Å². The standard InChI is InChI=1S/C84H60BN7/c1-84(2,3)62-45-47-75-66(52-62)65-38-19-22-41-74(65)92(75)76-46-44-59(72-53-70(55-26-9-4-10-27-55)86-82(88-72)57-30-13-6-14-31-57)49-67(76)73-54-71(56-28-11-5-12-29-56)87-83(89-73)60-33-25-32-58(48-60)61-50-79-81-80(51-61)91(64-36-17-8-18-37-64)78-43-24-21-40-69(78)85(81)68-39-20-23-42-77(68)90(79)63-34-15-7-16-35-63/h4-54H,1-3H3. The largest absolute Gasteiger partial charge is 0.311 e. The Bertz CT molecular complexity index is 5170. The maximum absolute atomic E-state index is 5.78. The normalized spacial score (nSPS) is 12.4. The van der Waals surface area contributed by atoms with Crippen LogP contribution in [0.5, 0.6) is 0 Å². The van der Waals surface area contributed by atoms with Gasteiger partial charge in [0.15, 0.2) is 11.6 Å². The highest BCUT2D eigenvalue weighted by molar-refractivity contribution is 7.00. The highest BCUT2D eigenvalue weighted by atomic mass is 15.2. The molecule has 0 aliphatic carbocycles. The number of aromatic nitrogens is 5. The fourth-order valence-corrected chi connectivity index (χ4v) is 13.9. The first kappa shape index (κ1) is 54.4. The molecule has 0 spiro atoms. The number of para-hydroxylation sites is 5. The van der Waals surface area contributed by atoms with E-state index in [4.69, 9.17) is 19.9 Å². The maximum atomic E-state index is 5.78. The predicted molar refractivity (Wildman–Crippen MR) is 383 cm³/mol. The van der Waals surface area contributed by atoms with Crippen molar-refractivity contribution in [3.8, 4) is 84.6 Å². The Morgan fingerprint density at radius 1 is 0.293 bits per heavy atom. The van der Waals surface area contributed by atoms with Gasteiger partial charge in [-0.1, -0.05) is 233 Å². The summed E-state index contributed by atoms with van der Waals surface area (Å²) < 4.78 is 2.42. The third kappa shape index (κ3) is 9.37. The van der Waals surface area contributed by atoms with Crippen molar-refractivity contribution in [2.24, 2.45) is 0 Å². The minimum Gasteiger partial charge on any atom is -0.311 e. The molecule has 2 aliphatic rings. The maximum Gasteiger partial charge on any atom is 0.252 e. The second-order valence-corrected chi connectivity index (χ2v) is 25.0. The molecule has 92 heavy (non-hydrogen) atoms. The quantitative estimate of drug-likeness (QED) is 0.127. The first-order chi connectivity index (χ1) is 45.3. The van der Waals surface area contributed by atoms with Gasteiger partial charge in [-0.2, -0.15) is 0 Å². The summed E-state index contributed by atoms with van der Waals surface area (Å²) in [5.41, 5.74) is 26.1. The average molecular weight is 1180 g/mol. The molecule has 434 valence electrons. The molecule has 0 unspecified atom stereocenters. The number of rotatable bonds is 10. The molecule has 15 aromatic rings. The SMILES string of the molecule is CC(C)(C)c1ccc2c(c1)c1ccccc1n2-c1ccc(-c2cc(-c3ccccc3)nc(-c3ccccc3)n2)cc1-c1cc(-c2ccccc2)nc(-c2cccc(-c3cc4c5c(c3)N(c3ccccc3)c3ccccc3B5c3ccccc3N4c3ccccc3)c2)n1. The van der Waals surface area contributed by atoms with Crippen LogP contribution in [-0.2, 0) is 5.41 Å². The van der Waals surface area contributed by atoms with E-state index in [1.165, 1.54) is 44.1 Å². The minimum absolute atomic E-state index is 0.00158. The summed E-state index contributed by atoms with van der Waals surface area (Å²) in [6.07, 6.45) is 0. The molecule has 2 aliphatic heterocycles. The van der Waals surface area contributed by atoms with Gasteiger partial charge in [0, 0.05) is 78.3 Å². The van der Waals surface area contributed by atoms with Crippen LogP contribution in [0, 0.1) is 0 Å². The van der Waals surface area contributed by atoms with E-state index in [9.17, 15) is 0 Å². The van der Waals surface area contributed by atoms with Gasteiger partial charge >= 0.3 is 0 Å². The van der Waals surface area contributed by atoms with Crippen LogP contribution >= 0.6 is 0 Å². The monoisotopic (exact) mass is 1180 g/mol. The van der Waals surface area contributed by atoms with E-state index in [0.717, 1.165) is 107 Å². The molecule has 0 amide bonds. The van der Waals surface area contributed by atoms with Crippen LogP contribution in [-0.4, -0.2) is 31.2 Å². The molecule has 17 rings (SSSR count). The van der Waals surface area contributed by atoms with E-state index in [2.05, 4.69) is 320 Å². The van der Waals surface area contributed by atoms with Crippen molar-refractivity contribution in [2.75, 3.05) is 9.80 Å². The highest BCUT2D eigenvalue weighted by Crippen LogP contribution is 2.47. The minimum atomic E-state index is -0.0512. The van der Waals surface area contributed by atoms with Gasteiger partial charge in [-0.15, -0.1) is 0 Å². The molecular formula is C84H60BN7. The van der Waals surface area contributed by atoms with Crippen LogP contribution in [0.3, 0.4) is 0 Å². The van der Waals surface area contributed by atoms with Crippen molar-refractivity contribution in [3.63, 3.8) is 0 Å². The van der Waals surface area contributed by atoms with Gasteiger partial charge in [0.25, 0.3) is 6.71 Å². The van der Waals surface area contributed by atoms with Crippen LogP contribution in [0.1, 0.15) is 26.3 Å². The fourth-order valence-electron chi connectivity index (χ4n) is 13.9. The predicted octanol–water partition coefficient (Wildman–Crippen LogP) is 19.4. The van der Waals surface area contributed by atoms with Crippen LogP contribution < -0.4 is 26.2 Å². The summed E-state index contributed by atoms with van der Waals surface area (Å²) >= 11 is 0. The summed E-state index contributed by atoms with van der Waals surface area (Å²) in [5.74, 6) is 1.26. The van der Waals surface area contributed by atoms with E-state index in [1.54, 1.807) is 0 Å². The zero-order valence-corrected chi connectivity index (χ0v) is 51.2. The zero-order chi connectivity index (χ0) is 61.4. The van der Waals surface area contributed by atoms with Crippen molar-refractivity contribution in [3.05, 3.63) is 315 Å². The lowest BCUT2D eigenvalue weighted by Gasteiger charge is -2.44. The molecular weight excluding hydrogens is 1120 g/mol. The second-order valence-electron chi connectivity index (χ2n) is 25.0. The van der Waals surface area contributed by atoms with E-state index in [0.29, 0.717) is 11.6 Å². The van der Waals surface area contributed by atoms with Gasteiger partial charge in [-0.3, -0.25) is 0 Å². The lowest BCUT2D eigenvalue weighted by Crippen LogP contribution is -2.61. The van der Waals surface area contributed by atoms with Crippen molar-refractivity contribution >= 4 is 79.0 Å². The van der Waals surface area contributed by atoms with Gasteiger partial charge in [0.2, 0.25) is 0 Å². The van der Waals surface area contributed by atoms with Crippen LogP contribution in [0.2, 0.25) is 0 Å². The highest BCUT2D eigenvalue weighted by Gasteiger charge is 2.43. The van der Waals surface area contributed by atoms with E-state index in [-0.39, 0.29) is 12.1 Å². The molecule has 0 radical (unpaired) electrons. The zero-order valence-electron chi connectivity index (χ0n) is 51.2. The number of anilines is 6. The molecule has 5 heterocycles. The molecule has 3 aromatic heterocycles. The lowest BCUT2D eigenvalue weighted by atomic mass is 9.33. The summed E-state index contributed by atoms with van der Waals surface area (Å²) in [6, 6.07) is 111. The summed E-state index contributed by atoms with van der Waals surface area (Å²) in [4.78, 5) is 26.8. The summed E-state index contributed by atoms with van der Waals surface area (Å²) in [6.45, 7) is 6.85. The van der Waals surface area contributed by atoms with Crippen LogP contribution in [0.15, 0.2) is 309 Å². The summed E-state index contributed by atoms with van der Waals surface area (Å²) in [7, 11) is 0. The van der Waals surface area contributed by atoms with Gasteiger partial charge < -0.3 is 14.4 Å². The lowest BCUT2D eigenvalue weighted by molar-refractivity contribution is 0.591. The van der Waals surface area contributed by atoms with Crippen molar-refractivity contribution < 1.29 is 0 Å². The van der Waals surface area contributed by atoms with E-state index < -0.39 is 0 Å². The van der Waals surface area contributed by atoms with Gasteiger partial charge in [0.05, 0.1) is 39.5 Å². The Labute approximate surface area is 536 Å². The number of nitrogens with zero attached hydrogens (tertiary/aromatic N) is 7. The van der Waals surface area contributed by atoms with Crippen LogP contribution in [0.4, 0.5) is 34.1 Å². The Kier molecular flexibility index (Phi) is 13.1. The molecule has 0 atom stereocenters. The first-order valence-corrected chi connectivity index (χ1v) is 31.6.